The van der Waals surface area contributed by atoms with Crippen molar-refractivity contribution >= 4 is 34.7 Å². The van der Waals surface area contributed by atoms with Crippen molar-refractivity contribution in [3.8, 4) is 0 Å². The van der Waals surface area contributed by atoms with Crippen LogP contribution in [-0.4, -0.2) is 52.4 Å². The van der Waals surface area contributed by atoms with Crippen LogP contribution in [-0.2, 0) is 4.74 Å². The first-order chi connectivity index (χ1) is 17.5. The van der Waals surface area contributed by atoms with Gasteiger partial charge in [0, 0.05) is 55.3 Å². The minimum atomic E-state index is -0.496. The van der Waals surface area contributed by atoms with Gasteiger partial charge in [-0.25, -0.2) is 9.78 Å². The molecule has 1 saturated heterocycles. The molecule has 0 saturated carbocycles. The minimum Gasteiger partial charge on any atom is -0.444 e. The van der Waals surface area contributed by atoms with Gasteiger partial charge in [-0.3, -0.25) is 4.98 Å². The number of ether oxygens (including phenoxy) is 1. The van der Waals surface area contributed by atoms with E-state index >= 15 is 0 Å². The van der Waals surface area contributed by atoms with Crippen LogP contribution in [0.4, 0.5) is 10.6 Å². The summed E-state index contributed by atoms with van der Waals surface area (Å²) in [4.78, 5) is 22.9. The van der Waals surface area contributed by atoms with Crippen LogP contribution < -0.4 is 22.1 Å². The molecule has 3 rings (SSSR count). The third kappa shape index (κ3) is 7.70. The highest BCUT2D eigenvalue weighted by molar-refractivity contribution is 6.08. The topological polar surface area (TPSA) is 155 Å². The molecule has 0 unspecified atom stereocenters. The second kappa shape index (κ2) is 11.8. The number of likely N-dealkylation sites (tertiary alicyclic amines) is 1. The van der Waals surface area contributed by atoms with Crippen LogP contribution in [0.25, 0.3) is 16.6 Å². The van der Waals surface area contributed by atoms with Gasteiger partial charge in [0.1, 0.15) is 17.2 Å². The number of hydrogen-bond donors (Lipinski definition) is 5. The number of rotatable bonds is 9. The summed E-state index contributed by atoms with van der Waals surface area (Å²) in [6, 6.07) is 5.56. The van der Waals surface area contributed by atoms with Gasteiger partial charge >= 0.3 is 6.09 Å². The number of carbonyl (C=O) groups excluding carboxylic acids is 1. The standard InChI is InChI=1S/C27H38N8O2/c1-17(2)19(10-28)9-24(30)34-25-7-6-22-23(33-25)8-20(14-32-22)21(11-29)13-31-12-18-15-35(16-18)26(36)37-27(3,4)5/h6-11,13-14,17-18,29,31H,12,15-16,28,30H2,1-5H3,(H,33,34)/b19-10+,21-13+,24-9+,29-11?. The predicted molar refractivity (Wildman–Crippen MR) is 149 cm³/mol. The summed E-state index contributed by atoms with van der Waals surface area (Å²) in [6.45, 7) is 11.6. The van der Waals surface area contributed by atoms with Gasteiger partial charge in [0.25, 0.3) is 0 Å². The molecule has 7 N–H and O–H groups in total. The Morgan fingerprint density at radius 1 is 1.30 bits per heavy atom. The van der Waals surface area contributed by atoms with Gasteiger partial charge in [-0.05, 0) is 62.7 Å². The second-order valence-electron chi connectivity index (χ2n) is 10.4. The van der Waals surface area contributed by atoms with E-state index < -0.39 is 5.60 Å². The van der Waals surface area contributed by atoms with Crippen LogP contribution in [0.5, 0.6) is 0 Å². The first-order valence-corrected chi connectivity index (χ1v) is 12.3. The molecule has 37 heavy (non-hydrogen) atoms. The van der Waals surface area contributed by atoms with E-state index in [4.69, 9.17) is 21.6 Å². The Kier molecular flexibility index (Phi) is 8.75. The van der Waals surface area contributed by atoms with Crippen molar-refractivity contribution in [3.05, 3.63) is 59.8 Å². The summed E-state index contributed by atoms with van der Waals surface area (Å²) < 4.78 is 5.39. The maximum atomic E-state index is 12.1. The van der Waals surface area contributed by atoms with Crippen molar-refractivity contribution in [2.75, 3.05) is 25.0 Å². The van der Waals surface area contributed by atoms with Crippen LogP contribution in [0, 0.1) is 17.2 Å². The van der Waals surface area contributed by atoms with Crippen molar-refractivity contribution in [3.63, 3.8) is 0 Å². The van der Waals surface area contributed by atoms with Crippen molar-refractivity contribution in [1.82, 2.24) is 20.2 Å². The number of nitrogens with one attached hydrogen (secondary N) is 3. The number of nitrogens with two attached hydrogens (primary N) is 2. The Morgan fingerprint density at radius 2 is 2.03 bits per heavy atom. The quantitative estimate of drug-likeness (QED) is 0.254. The zero-order valence-electron chi connectivity index (χ0n) is 22.2. The molecule has 0 spiro atoms. The van der Waals surface area contributed by atoms with Gasteiger partial charge in [0.05, 0.1) is 11.0 Å². The number of amides is 1. The van der Waals surface area contributed by atoms with E-state index in [1.54, 1.807) is 29.6 Å². The van der Waals surface area contributed by atoms with Gasteiger partial charge in [-0.2, -0.15) is 0 Å². The summed E-state index contributed by atoms with van der Waals surface area (Å²) >= 11 is 0. The Balaban J connectivity index is 1.63. The number of carbonyl (C=O) groups is 1. The van der Waals surface area contributed by atoms with E-state index in [1.807, 2.05) is 52.8 Å². The number of anilines is 1. The van der Waals surface area contributed by atoms with E-state index in [0.717, 1.165) is 16.7 Å². The fraction of sp³-hybridized carbons (Fsp3) is 0.407. The van der Waals surface area contributed by atoms with Crippen molar-refractivity contribution in [1.29, 1.82) is 5.41 Å². The third-order valence-electron chi connectivity index (χ3n) is 5.75. The van der Waals surface area contributed by atoms with Crippen LogP contribution in [0.1, 0.15) is 40.2 Å². The van der Waals surface area contributed by atoms with E-state index in [2.05, 4.69) is 20.6 Å². The van der Waals surface area contributed by atoms with Crippen molar-refractivity contribution in [2.24, 2.45) is 23.3 Å². The summed E-state index contributed by atoms with van der Waals surface area (Å²) in [7, 11) is 0. The Hall–Kier alpha value is -4.08. The van der Waals surface area contributed by atoms with Crippen molar-refractivity contribution < 1.29 is 9.53 Å². The highest BCUT2D eigenvalue weighted by Crippen LogP contribution is 2.21. The maximum absolute atomic E-state index is 12.1. The van der Waals surface area contributed by atoms with Crippen LogP contribution in [0.15, 0.2) is 54.3 Å². The lowest BCUT2D eigenvalue weighted by Crippen LogP contribution is -2.54. The number of hydrogen-bond acceptors (Lipinski definition) is 9. The first kappa shape index (κ1) is 27.5. The largest absolute Gasteiger partial charge is 0.444 e. The molecule has 0 atom stereocenters. The van der Waals surface area contributed by atoms with Gasteiger partial charge < -0.3 is 37.1 Å². The zero-order chi connectivity index (χ0) is 27.2. The molecule has 0 radical (unpaired) electrons. The predicted octanol–water partition coefficient (Wildman–Crippen LogP) is 3.79. The van der Waals surface area contributed by atoms with E-state index in [-0.39, 0.29) is 12.0 Å². The molecule has 1 aliphatic rings. The SMILES string of the molecule is CC(C)C(=C/N)/C=C(\N)Nc1ccc2ncc(/C(C=N)=C/NCC3CN(C(=O)OC(C)(C)C)C3)cc2n1. The second-order valence-corrected chi connectivity index (χ2v) is 10.4. The first-order valence-electron chi connectivity index (χ1n) is 12.3. The molecule has 1 amide bonds. The highest BCUT2D eigenvalue weighted by atomic mass is 16.6. The average Bonchev–Trinajstić information content (AvgIpc) is 2.79. The van der Waals surface area contributed by atoms with E-state index in [0.29, 0.717) is 48.3 Å². The molecule has 0 aliphatic carbocycles. The number of pyridine rings is 2. The maximum Gasteiger partial charge on any atom is 0.410 e. The fourth-order valence-electron chi connectivity index (χ4n) is 3.72. The van der Waals surface area contributed by atoms with Crippen molar-refractivity contribution in [2.45, 2.75) is 40.2 Å². The molecular formula is C27H38N8O2. The van der Waals surface area contributed by atoms with Crippen LogP contribution in [0.2, 0.25) is 0 Å². The van der Waals surface area contributed by atoms with Crippen LogP contribution >= 0.6 is 0 Å². The van der Waals surface area contributed by atoms with E-state index in [1.165, 1.54) is 6.21 Å². The number of fused-ring (bicyclic) bond motifs is 1. The van der Waals surface area contributed by atoms with Crippen LogP contribution in [0.3, 0.4) is 0 Å². The van der Waals surface area contributed by atoms with Gasteiger partial charge in [0.15, 0.2) is 0 Å². The fourth-order valence-corrected chi connectivity index (χ4v) is 3.72. The molecule has 10 heteroatoms. The Morgan fingerprint density at radius 3 is 2.65 bits per heavy atom. The molecule has 10 nitrogen and oxygen atoms in total. The van der Waals surface area contributed by atoms with E-state index in [9.17, 15) is 4.79 Å². The molecule has 2 aromatic rings. The molecule has 198 valence electrons. The lowest BCUT2D eigenvalue weighted by molar-refractivity contribution is -0.000362. The smallest absolute Gasteiger partial charge is 0.410 e. The molecular weight excluding hydrogens is 468 g/mol. The van der Waals surface area contributed by atoms with Gasteiger partial charge in [-0.15, -0.1) is 0 Å². The highest BCUT2D eigenvalue weighted by Gasteiger charge is 2.33. The third-order valence-corrected chi connectivity index (χ3v) is 5.75. The molecule has 2 aromatic heterocycles. The molecule has 1 fully saturated rings. The number of aromatic nitrogens is 2. The normalized spacial score (nSPS) is 15.5. The average molecular weight is 507 g/mol. The lowest BCUT2D eigenvalue weighted by Gasteiger charge is -2.39. The molecule has 0 aromatic carbocycles. The summed E-state index contributed by atoms with van der Waals surface area (Å²) in [5.41, 5.74) is 15.1. The Labute approximate surface area is 218 Å². The molecule has 3 heterocycles. The van der Waals surface area contributed by atoms with Gasteiger partial charge in [-0.1, -0.05) is 13.8 Å². The molecule has 1 aliphatic heterocycles. The zero-order valence-corrected chi connectivity index (χ0v) is 22.2. The summed E-state index contributed by atoms with van der Waals surface area (Å²) in [6.07, 6.45) is 7.85. The number of nitrogens with zero attached hydrogens (tertiary/aromatic N) is 3. The minimum absolute atomic E-state index is 0.245. The Bertz CT molecular complexity index is 1220. The lowest BCUT2D eigenvalue weighted by atomic mass is 10.0. The monoisotopic (exact) mass is 506 g/mol. The molecule has 0 bridgehead atoms. The summed E-state index contributed by atoms with van der Waals surface area (Å²) in [5, 5.41) is 14.2. The summed E-state index contributed by atoms with van der Waals surface area (Å²) in [5.74, 6) is 1.59. The van der Waals surface area contributed by atoms with Gasteiger partial charge in [0.2, 0.25) is 0 Å². The number of allylic oxidation sites excluding steroid dienone is 3.